The van der Waals surface area contributed by atoms with Crippen LogP contribution >= 0.6 is 11.6 Å². The minimum Gasteiger partial charge on any atom is -0.444 e. The summed E-state index contributed by atoms with van der Waals surface area (Å²) in [6.45, 7) is 4.43. The average Bonchev–Trinajstić information content (AvgIpc) is 2.91. The number of hydrogen-bond donors (Lipinski definition) is 1. The lowest BCUT2D eigenvalue weighted by Gasteiger charge is -2.35. The van der Waals surface area contributed by atoms with Crippen LogP contribution in [0.5, 0.6) is 0 Å². The van der Waals surface area contributed by atoms with Crippen molar-refractivity contribution in [3.8, 4) is 11.5 Å². The van der Waals surface area contributed by atoms with Gasteiger partial charge < -0.3 is 9.52 Å². The quantitative estimate of drug-likeness (QED) is 0.945. The number of halogens is 1. The maximum atomic E-state index is 9.96. The number of nitrogens with zero attached hydrogens (tertiary/aromatic N) is 2. The molecule has 0 atom stereocenters. The molecule has 1 saturated heterocycles. The summed E-state index contributed by atoms with van der Waals surface area (Å²) in [6.07, 6.45) is 3.31. The molecular formula is C16H19ClN2O2. The molecule has 1 fully saturated rings. The summed E-state index contributed by atoms with van der Waals surface area (Å²) in [5.74, 6) is 0.616. The van der Waals surface area contributed by atoms with Gasteiger partial charge in [-0.2, -0.15) is 0 Å². The van der Waals surface area contributed by atoms with Gasteiger partial charge in [0.25, 0.3) is 0 Å². The van der Waals surface area contributed by atoms with Crippen molar-refractivity contribution in [3.63, 3.8) is 0 Å². The zero-order valence-corrected chi connectivity index (χ0v) is 12.8. The second-order valence-electron chi connectivity index (χ2n) is 5.92. The molecule has 0 bridgehead atoms. The molecule has 3 rings (SSSR count). The highest BCUT2D eigenvalue weighted by atomic mass is 35.5. The van der Waals surface area contributed by atoms with Crippen LogP contribution in [0.1, 0.15) is 25.5 Å². The molecule has 1 aliphatic heterocycles. The third kappa shape index (κ3) is 3.64. The fourth-order valence-electron chi connectivity index (χ4n) is 2.53. The number of hydrogen-bond acceptors (Lipinski definition) is 4. The van der Waals surface area contributed by atoms with Crippen molar-refractivity contribution in [2.24, 2.45) is 0 Å². The summed E-state index contributed by atoms with van der Waals surface area (Å²) in [5, 5.41) is 10.7. The van der Waals surface area contributed by atoms with Crippen LogP contribution < -0.4 is 0 Å². The molecule has 112 valence electrons. The Hall–Kier alpha value is -1.36. The minimum atomic E-state index is -0.519. The molecule has 5 heteroatoms. The van der Waals surface area contributed by atoms with Crippen LogP contribution in [-0.4, -0.2) is 33.7 Å². The molecule has 0 unspecified atom stereocenters. The van der Waals surface area contributed by atoms with E-state index in [9.17, 15) is 5.11 Å². The van der Waals surface area contributed by atoms with Crippen LogP contribution in [0, 0.1) is 0 Å². The van der Waals surface area contributed by atoms with Gasteiger partial charge in [0.2, 0.25) is 5.89 Å². The topological polar surface area (TPSA) is 49.5 Å². The van der Waals surface area contributed by atoms with Crippen molar-refractivity contribution in [2.45, 2.75) is 31.9 Å². The monoisotopic (exact) mass is 306 g/mol. The van der Waals surface area contributed by atoms with E-state index in [2.05, 4.69) is 9.88 Å². The summed E-state index contributed by atoms with van der Waals surface area (Å²) >= 11 is 5.88. The lowest BCUT2D eigenvalue weighted by atomic mass is 9.94. The van der Waals surface area contributed by atoms with E-state index in [0.29, 0.717) is 10.9 Å². The summed E-state index contributed by atoms with van der Waals surface area (Å²) < 4.78 is 5.54. The summed E-state index contributed by atoms with van der Waals surface area (Å²) in [4.78, 5) is 6.82. The van der Waals surface area contributed by atoms with Gasteiger partial charge in [-0.25, -0.2) is 4.98 Å². The molecule has 1 aromatic carbocycles. The van der Waals surface area contributed by atoms with Crippen LogP contribution in [0.25, 0.3) is 11.5 Å². The van der Waals surface area contributed by atoms with Crippen LogP contribution in [0.15, 0.2) is 34.9 Å². The van der Waals surface area contributed by atoms with Crippen LogP contribution in [-0.2, 0) is 6.54 Å². The number of oxazole rings is 1. The molecule has 21 heavy (non-hydrogen) atoms. The first-order valence-corrected chi connectivity index (χ1v) is 7.55. The van der Waals surface area contributed by atoms with E-state index in [-0.39, 0.29) is 0 Å². The van der Waals surface area contributed by atoms with Crippen LogP contribution in [0.2, 0.25) is 5.02 Å². The van der Waals surface area contributed by atoms with E-state index in [1.807, 2.05) is 31.2 Å². The largest absolute Gasteiger partial charge is 0.444 e. The smallest absolute Gasteiger partial charge is 0.226 e. The standard InChI is InChI=1S/C16H19ClN2O2/c1-16(20)6-8-19(9-7-16)10-14-11-21-15(18-14)12-2-4-13(17)5-3-12/h2-5,11,20H,6-10H2,1H3. The molecule has 1 aliphatic rings. The zero-order chi connectivity index (χ0) is 14.9. The number of aliphatic hydroxyl groups is 1. The normalized spacial score (nSPS) is 18.8. The molecule has 0 aliphatic carbocycles. The SMILES string of the molecule is CC1(O)CCN(Cc2coc(-c3ccc(Cl)cc3)n2)CC1. The molecule has 1 N–H and O–H groups in total. The van der Waals surface area contributed by atoms with Gasteiger partial charge in [-0.1, -0.05) is 11.6 Å². The Kier molecular flexibility index (Phi) is 4.02. The van der Waals surface area contributed by atoms with E-state index < -0.39 is 5.60 Å². The van der Waals surface area contributed by atoms with Crippen LogP contribution in [0.4, 0.5) is 0 Å². The van der Waals surface area contributed by atoms with Gasteiger partial charge >= 0.3 is 0 Å². The first-order chi connectivity index (χ1) is 10.0. The highest BCUT2D eigenvalue weighted by Crippen LogP contribution is 2.24. The van der Waals surface area contributed by atoms with Crippen molar-refractivity contribution in [3.05, 3.63) is 41.2 Å². The molecule has 2 heterocycles. The summed E-state index contributed by atoms with van der Waals surface area (Å²) in [5.41, 5.74) is 1.32. The minimum absolute atomic E-state index is 0.519. The Morgan fingerprint density at radius 3 is 2.62 bits per heavy atom. The molecule has 0 radical (unpaired) electrons. The van der Waals surface area contributed by atoms with Crippen molar-refractivity contribution < 1.29 is 9.52 Å². The van der Waals surface area contributed by atoms with Gasteiger partial charge in [-0.3, -0.25) is 4.90 Å². The Labute approximate surface area is 129 Å². The zero-order valence-electron chi connectivity index (χ0n) is 12.1. The molecule has 1 aromatic heterocycles. The maximum Gasteiger partial charge on any atom is 0.226 e. The number of piperidine rings is 1. The first-order valence-electron chi connectivity index (χ1n) is 7.17. The second-order valence-corrected chi connectivity index (χ2v) is 6.36. The lowest BCUT2D eigenvalue weighted by Crippen LogP contribution is -2.41. The molecule has 0 amide bonds. The average molecular weight is 307 g/mol. The van der Waals surface area contributed by atoms with Crippen molar-refractivity contribution >= 4 is 11.6 Å². The summed E-state index contributed by atoms with van der Waals surface area (Å²) in [6, 6.07) is 7.45. The Balaban J connectivity index is 1.64. The predicted octanol–water partition coefficient (Wildman–Crippen LogP) is 3.34. The van der Waals surface area contributed by atoms with E-state index >= 15 is 0 Å². The number of benzene rings is 1. The number of rotatable bonds is 3. The van der Waals surface area contributed by atoms with E-state index in [4.69, 9.17) is 16.0 Å². The second kappa shape index (κ2) is 5.79. The van der Waals surface area contributed by atoms with Crippen molar-refractivity contribution in [2.75, 3.05) is 13.1 Å². The van der Waals surface area contributed by atoms with Gasteiger partial charge in [0.1, 0.15) is 6.26 Å². The molecular weight excluding hydrogens is 288 g/mol. The Bertz CT molecular complexity index is 597. The fourth-order valence-corrected chi connectivity index (χ4v) is 2.65. The molecule has 4 nitrogen and oxygen atoms in total. The van der Waals surface area contributed by atoms with Crippen molar-refractivity contribution in [1.82, 2.24) is 9.88 Å². The molecule has 2 aromatic rings. The van der Waals surface area contributed by atoms with Gasteiger partial charge in [-0.15, -0.1) is 0 Å². The maximum absolute atomic E-state index is 9.96. The Morgan fingerprint density at radius 1 is 1.29 bits per heavy atom. The first kappa shape index (κ1) is 14.6. The van der Waals surface area contributed by atoms with E-state index in [1.165, 1.54) is 0 Å². The highest BCUT2D eigenvalue weighted by Gasteiger charge is 2.27. The van der Waals surface area contributed by atoms with Gasteiger partial charge in [0, 0.05) is 30.2 Å². The Morgan fingerprint density at radius 2 is 1.95 bits per heavy atom. The lowest BCUT2D eigenvalue weighted by molar-refractivity contribution is -0.00757. The third-order valence-electron chi connectivity index (χ3n) is 3.96. The third-order valence-corrected chi connectivity index (χ3v) is 4.21. The van der Waals surface area contributed by atoms with Gasteiger partial charge in [0.05, 0.1) is 11.3 Å². The van der Waals surface area contributed by atoms with Crippen LogP contribution in [0.3, 0.4) is 0 Å². The van der Waals surface area contributed by atoms with Crippen molar-refractivity contribution in [1.29, 1.82) is 0 Å². The molecule has 0 spiro atoms. The molecule has 0 saturated carbocycles. The highest BCUT2D eigenvalue weighted by molar-refractivity contribution is 6.30. The number of aromatic nitrogens is 1. The van der Waals surface area contributed by atoms with E-state index in [1.54, 1.807) is 6.26 Å². The fraction of sp³-hybridized carbons (Fsp3) is 0.438. The van der Waals surface area contributed by atoms with E-state index in [0.717, 1.165) is 43.7 Å². The number of likely N-dealkylation sites (tertiary alicyclic amines) is 1. The summed E-state index contributed by atoms with van der Waals surface area (Å²) in [7, 11) is 0. The predicted molar refractivity (Wildman–Crippen MR) is 82.1 cm³/mol. The van der Waals surface area contributed by atoms with Gasteiger partial charge in [-0.05, 0) is 44.0 Å². The van der Waals surface area contributed by atoms with Gasteiger partial charge in [0.15, 0.2) is 0 Å².